The van der Waals surface area contributed by atoms with Crippen molar-refractivity contribution in [1.29, 1.82) is 0 Å². The largest absolute Gasteiger partial charge is 0.545 e. The van der Waals surface area contributed by atoms with Crippen LogP contribution in [0.2, 0.25) is 0 Å². The monoisotopic (exact) mass is 1320 g/mol. The van der Waals surface area contributed by atoms with Crippen molar-refractivity contribution in [3.05, 3.63) is 134 Å². The maximum atomic E-state index is 13.0. The van der Waals surface area contributed by atoms with Crippen LogP contribution in [0.15, 0.2) is 134 Å². The lowest BCUT2D eigenvalue weighted by atomic mass is 10.0. The zero-order valence-corrected chi connectivity index (χ0v) is 62.3. The normalized spacial score (nSPS) is 13.4. The molecule has 0 N–H and O–H groups in total. The molecule has 0 aromatic rings. The molecule has 544 valence electrons. The van der Waals surface area contributed by atoms with E-state index < -0.39 is 24.3 Å². The second-order valence-corrected chi connectivity index (χ2v) is 27.3. The third kappa shape index (κ3) is 76.7. The molecular weight excluding hydrogens is 1170 g/mol. The van der Waals surface area contributed by atoms with Crippen LogP contribution >= 0.6 is 0 Å². The summed E-state index contributed by atoms with van der Waals surface area (Å²) in [5.74, 6) is -2.29. The fourth-order valence-electron chi connectivity index (χ4n) is 10.9. The van der Waals surface area contributed by atoms with Gasteiger partial charge in [0.15, 0.2) is 12.4 Å². The molecule has 0 heterocycles. The summed E-state index contributed by atoms with van der Waals surface area (Å²) in [4.78, 5) is 37.6. The van der Waals surface area contributed by atoms with E-state index in [0.717, 1.165) is 109 Å². The maximum Gasteiger partial charge on any atom is 0.306 e. The average molecular weight is 1320 g/mol. The number of unbranched alkanes of at least 4 members (excludes halogenated alkanes) is 35. The van der Waals surface area contributed by atoms with E-state index in [0.29, 0.717) is 17.4 Å². The molecule has 9 nitrogen and oxygen atoms in total. The third-order valence-electron chi connectivity index (χ3n) is 16.9. The zero-order chi connectivity index (χ0) is 69.0. The molecule has 0 aliphatic heterocycles. The number of esters is 2. The number of hydrogen-bond acceptors (Lipinski definition) is 8. The van der Waals surface area contributed by atoms with Crippen LogP contribution in [0.1, 0.15) is 335 Å². The minimum atomic E-state index is -1.63. The molecular formula is C86H147NO8. The number of carboxylic acid groups (broad SMARTS) is 1. The number of aliphatic carboxylic acids is 1. The average Bonchev–Trinajstić information content (AvgIpc) is 3.75. The van der Waals surface area contributed by atoms with Gasteiger partial charge in [-0.1, -0.05) is 340 Å². The van der Waals surface area contributed by atoms with E-state index in [1.165, 1.54) is 193 Å². The highest BCUT2D eigenvalue weighted by atomic mass is 16.7. The van der Waals surface area contributed by atoms with Crippen molar-refractivity contribution in [1.82, 2.24) is 0 Å². The Kier molecular flexibility index (Phi) is 71.6. The lowest BCUT2D eigenvalue weighted by Crippen LogP contribution is -2.44. The standard InChI is InChI=1S/C86H147NO8/c1-6-8-10-12-14-16-18-20-22-24-26-28-30-32-34-36-38-40-41-42-43-45-46-48-50-52-54-56-58-60-62-64-66-68-70-72-74-76-83(88)93-80-82(81-94-86(85(90)91)92-79-78-87(3,4)5)95-84(89)77-75-73-71-69-67-65-63-61-59-57-55-53-51-49-47-44-39-37-35-33-31-29-27-25-23-21-19-17-15-13-11-9-7-2/h9,11,15,17-18,20-21,23-24,26-27,29-30,32-33,35,39,44,49,51,55,57,82,86H,6-8,10,12-14,16,19,22,25,28,31,34,36-38,40-43,45-48,50,52-54,56,58-81H2,1-5H3/b11-9-,17-15-,20-18-,23-21-,26-24-,29-27-,32-30-,35-33-,44-39-,51-49-,57-55-. The minimum absolute atomic E-state index is 0.141. The number of allylic oxidation sites excluding steroid dienone is 22. The van der Waals surface area contributed by atoms with Gasteiger partial charge in [-0.2, -0.15) is 0 Å². The predicted molar refractivity (Wildman–Crippen MR) is 407 cm³/mol. The first kappa shape index (κ1) is 90.4. The molecule has 0 aliphatic carbocycles. The van der Waals surface area contributed by atoms with E-state index in [4.69, 9.17) is 18.9 Å². The Morgan fingerprint density at radius 3 is 0.895 bits per heavy atom. The summed E-state index contributed by atoms with van der Waals surface area (Å²) >= 11 is 0. The van der Waals surface area contributed by atoms with E-state index in [-0.39, 0.29) is 38.6 Å². The van der Waals surface area contributed by atoms with Crippen LogP contribution < -0.4 is 5.11 Å². The number of likely N-dealkylation sites (N-methyl/N-ethyl adjacent to an activating group) is 1. The summed E-state index contributed by atoms with van der Waals surface area (Å²) in [6.45, 7) is 4.63. The predicted octanol–water partition coefficient (Wildman–Crippen LogP) is 23.9. The van der Waals surface area contributed by atoms with Gasteiger partial charge < -0.3 is 33.3 Å². The number of rotatable bonds is 72. The number of nitrogens with zero attached hydrogens (tertiary/aromatic N) is 1. The van der Waals surface area contributed by atoms with Gasteiger partial charge in [0, 0.05) is 12.8 Å². The number of ether oxygens (including phenoxy) is 4. The second kappa shape index (κ2) is 75.2. The lowest BCUT2D eigenvalue weighted by molar-refractivity contribution is -0.870. The third-order valence-corrected chi connectivity index (χ3v) is 16.9. The van der Waals surface area contributed by atoms with Crippen molar-refractivity contribution in [2.75, 3.05) is 47.5 Å². The van der Waals surface area contributed by atoms with E-state index in [1.807, 2.05) is 21.1 Å². The van der Waals surface area contributed by atoms with Crippen LogP contribution in [0.25, 0.3) is 0 Å². The van der Waals surface area contributed by atoms with Crippen LogP contribution in [0, 0.1) is 0 Å². The number of quaternary nitrogens is 1. The highest BCUT2D eigenvalue weighted by Crippen LogP contribution is 2.18. The molecule has 95 heavy (non-hydrogen) atoms. The molecule has 0 saturated carbocycles. The van der Waals surface area contributed by atoms with Crippen molar-refractivity contribution < 1.29 is 42.9 Å². The quantitative estimate of drug-likeness (QED) is 0.0195. The summed E-state index contributed by atoms with van der Waals surface area (Å²) in [5.41, 5.74) is 0. The molecule has 0 amide bonds. The molecule has 0 radical (unpaired) electrons. The van der Waals surface area contributed by atoms with Crippen LogP contribution in [-0.2, 0) is 33.3 Å². The van der Waals surface area contributed by atoms with E-state index in [9.17, 15) is 19.5 Å². The number of hydrogen-bond donors (Lipinski definition) is 0. The minimum Gasteiger partial charge on any atom is -0.545 e. The van der Waals surface area contributed by atoms with Gasteiger partial charge in [-0.25, -0.2) is 0 Å². The first-order chi connectivity index (χ1) is 46.6. The van der Waals surface area contributed by atoms with Gasteiger partial charge in [0.1, 0.15) is 13.2 Å². The molecule has 0 rings (SSSR count). The van der Waals surface area contributed by atoms with Gasteiger partial charge in [-0.15, -0.1) is 0 Å². The second-order valence-electron chi connectivity index (χ2n) is 27.3. The summed E-state index contributed by atoms with van der Waals surface area (Å²) in [6, 6.07) is 0. The van der Waals surface area contributed by atoms with E-state index in [2.05, 4.69) is 148 Å². The van der Waals surface area contributed by atoms with Gasteiger partial charge in [-0.3, -0.25) is 9.59 Å². The van der Waals surface area contributed by atoms with Crippen molar-refractivity contribution in [2.45, 2.75) is 347 Å². The number of carbonyl (C=O) groups is 3. The van der Waals surface area contributed by atoms with Crippen LogP contribution in [0.5, 0.6) is 0 Å². The maximum absolute atomic E-state index is 13.0. The molecule has 0 aromatic heterocycles. The molecule has 0 aliphatic rings. The summed E-state index contributed by atoms with van der Waals surface area (Å²) in [7, 11) is 5.93. The first-order valence-electron chi connectivity index (χ1n) is 39.3. The van der Waals surface area contributed by atoms with Gasteiger partial charge in [0.25, 0.3) is 0 Å². The molecule has 9 heteroatoms. The highest BCUT2D eigenvalue weighted by molar-refractivity contribution is 5.70. The van der Waals surface area contributed by atoms with Gasteiger partial charge >= 0.3 is 11.9 Å². The van der Waals surface area contributed by atoms with Crippen LogP contribution in [0.3, 0.4) is 0 Å². The molecule has 0 spiro atoms. The SMILES string of the molecule is CC/C=C\C/C=C\C/C=C\C/C=C\C/C=C\C/C=C\C/C=C\C/C=C\CCCCCCCCCCC(=O)OC(COC(=O)CCCCCCCCCCCCCCCCCCCCCCCC/C=C\C/C=C\C/C=C\CCCCCCC)COC(OCC[N+](C)(C)C)C(=O)[O-]. The topological polar surface area (TPSA) is 111 Å². The molecule has 0 fully saturated rings. The molecule has 0 aromatic carbocycles. The summed E-state index contributed by atoms with van der Waals surface area (Å²) in [5, 5.41) is 11.9. The molecule has 2 unspecified atom stereocenters. The zero-order valence-electron chi connectivity index (χ0n) is 62.3. The molecule has 0 saturated heterocycles. The van der Waals surface area contributed by atoms with Gasteiger partial charge in [0.05, 0.1) is 40.3 Å². The van der Waals surface area contributed by atoms with Crippen LogP contribution in [0.4, 0.5) is 0 Å². The number of carbonyl (C=O) groups excluding carboxylic acids is 3. The van der Waals surface area contributed by atoms with E-state index in [1.54, 1.807) is 0 Å². The Morgan fingerprint density at radius 2 is 0.600 bits per heavy atom. The summed E-state index contributed by atoms with van der Waals surface area (Å²) in [6.07, 6.45) is 106. The highest BCUT2D eigenvalue weighted by Gasteiger charge is 2.22. The lowest BCUT2D eigenvalue weighted by Gasteiger charge is -2.26. The van der Waals surface area contributed by atoms with Crippen molar-refractivity contribution in [3.8, 4) is 0 Å². The Hall–Kier alpha value is -4.57. The molecule has 2 atom stereocenters. The van der Waals surface area contributed by atoms with Crippen molar-refractivity contribution >= 4 is 17.9 Å². The Labute approximate surface area is 586 Å². The first-order valence-corrected chi connectivity index (χ1v) is 39.3. The Morgan fingerprint density at radius 1 is 0.326 bits per heavy atom. The fraction of sp³-hybridized carbons (Fsp3) is 0.709. The van der Waals surface area contributed by atoms with Crippen molar-refractivity contribution in [3.63, 3.8) is 0 Å². The smallest absolute Gasteiger partial charge is 0.306 e. The Bertz CT molecular complexity index is 2030. The van der Waals surface area contributed by atoms with E-state index >= 15 is 0 Å². The Balaban J connectivity index is 4.07. The van der Waals surface area contributed by atoms with Gasteiger partial charge in [-0.05, 0) is 116 Å². The van der Waals surface area contributed by atoms with Gasteiger partial charge in [0.2, 0.25) is 0 Å². The summed E-state index contributed by atoms with van der Waals surface area (Å²) < 4.78 is 22.8. The van der Waals surface area contributed by atoms with Crippen molar-refractivity contribution in [2.24, 2.45) is 0 Å². The van der Waals surface area contributed by atoms with Crippen LogP contribution in [-0.4, -0.2) is 82.3 Å². The number of carboxylic acids is 1. The molecule has 0 bridgehead atoms. The fourth-order valence-corrected chi connectivity index (χ4v) is 10.9.